The maximum absolute atomic E-state index is 12.1. The van der Waals surface area contributed by atoms with Gasteiger partial charge in [-0.05, 0) is 42.8 Å². The van der Waals surface area contributed by atoms with Crippen LogP contribution in [0, 0.1) is 0 Å². The summed E-state index contributed by atoms with van der Waals surface area (Å²) in [6.07, 6.45) is 1.75. The molecule has 23 heavy (non-hydrogen) atoms. The first-order valence-corrected chi connectivity index (χ1v) is 7.64. The average molecular weight is 327 g/mol. The molecular formula is C18H15ClN2O2. The van der Waals surface area contributed by atoms with Gasteiger partial charge in [0.25, 0.3) is 5.56 Å². The second kappa shape index (κ2) is 6.67. The summed E-state index contributed by atoms with van der Waals surface area (Å²) < 4.78 is 5.46. The fourth-order valence-electron chi connectivity index (χ4n) is 2.27. The number of benzene rings is 2. The van der Waals surface area contributed by atoms with Crippen molar-refractivity contribution in [1.29, 1.82) is 0 Å². The van der Waals surface area contributed by atoms with E-state index in [9.17, 15) is 4.79 Å². The summed E-state index contributed by atoms with van der Waals surface area (Å²) in [5.41, 5.74) is 1.28. The Labute approximate surface area is 138 Å². The van der Waals surface area contributed by atoms with Crippen molar-refractivity contribution in [2.45, 2.75) is 6.92 Å². The number of aromatic amines is 1. The predicted molar refractivity (Wildman–Crippen MR) is 93.7 cm³/mol. The van der Waals surface area contributed by atoms with Crippen LogP contribution in [-0.4, -0.2) is 16.6 Å². The van der Waals surface area contributed by atoms with Gasteiger partial charge in [0.15, 0.2) is 5.82 Å². The minimum absolute atomic E-state index is 0.208. The highest BCUT2D eigenvalue weighted by Crippen LogP contribution is 2.22. The Morgan fingerprint density at radius 3 is 2.91 bits per heavy atom. The molecule has 0 bridgehead atoms. The molecule has 116 valence electrons. The monoisotopic (exact) mass is 326 g/mol. The van der Waals surface area contributed by atoms with Gasteiger partial charge in [-0.1, -0.05) is 35.9 Å². The van der Waals surface area contributed by atoms with Gasteiger partial charge in [0.2, 0.25) is 0 Å². The van der Waals surface area contributed by atoms with Crippen molar-refractivity contribution in [2.75, 3.05) is 6.61 Å². The van der Waals surface area contributed by atoms with Gasteiger partial charge in [0.05, 0.1) is 22.5 Å². The molecule has 0 atom stereocenters. The van der Waals surface area contributed by atoms with Gasteiger partial charge >= 0.3 is 0 Å². The predicted octanol–water partition coefficient (Wildman–Crippen LogP) is 4.06. The van der Waals surface area contributed by atoms with Crippen LogP contribution in [0.3, 0.4) is 0 Å². The SMILES string of the molecule is CCOc1cccc(/C=C(\Cl)c2nc3ccccc3c(=O)[nH]2)c1. The van der Waals surface area contributed by atoms with Gasteiger partial charge in [0.1, 0.15) is 5.75 Å². The number of halogens is 1. The molecular weight excluding hydrogens is 312 g/mol. The number of rotatable bonds is 4. The molecule has 1 heterocycles. The lowest BCUT2D eigenvalue weighted by Gasteiger charge is -2.05. The molecule has 0 radical (unpaired) electrons. The molecule has 0 saturated carbocycles. The van der Waals surface area contributed by atoms with Gasteiger partial charge in [-0.3, -0.25) is 4.79 Å². The van der Waals surface area contributed by atoms with Crippen molar-refractivity contribution < 1.29 is 4.74 Å². The summed E-state index contributed by atoms with van der Waals surface area (Å²) in [4.78, 5) is 19.2. The lowest BCUT2D eigenvalue weighted by Crippen LogP contribution is -2.10. The first-order chi connectivity index (χ1) is 11.2. The Hall–Kier alpha value is -2.59. The van der Waals surface area contributed by atoms with Crippen LogP contribution < -0.4 is 10.3 Å². The minimum Gasteiger partial charge on any atom is -0.494 e. The van der Waals surface area contributed by atoms with Crippen LogP contribution in [0.4, 0.5) is 0 Å². The summed E-state index contributed by atoms with van der Waals surface area (Å²) in [6, 6.07) is 14.7. The lowest BCUT2D eigenvalue weighted by atomic mass is 10.2. The molecule has 0 amide bonds. The van der Waals surface area contributed by atoms with E-state index in [-0.39, 0.29) is 5.56 Å². The fraction of sp³-hybridized carbons (Fsp3) is 0.111. The van der Waals surface area contributed by atoms with E-state index in [0.29, 0.717) is 28.4 Å². The van der Waals surface area contributed by atoms with Gasteiger partial charge in [-0.25, -0.2) is 4.98 Å². The van der Waals surface area contributed by atoms with Crippen LogP contribution in [0.15, 0.2) is 53.3 Å². The quantitative estimate of drug-likeness (QED) is 0.786. The smallest absolute Gasteiger partial charge is 0.259 e. The van der Waals surface area contributed by atoms with Crippen LogP contribution in [0.2, 0.25) is 0 Å². The number of para-hydroxylation sites is 1. The Morgan fingerprint density at radius 2 is 2.09 bits per heavy atom. The standard InChI is InChI=1S/C18H15ClN2O2/c1-2-23-13-7-5-6-12(10-13)11-15(19)17-20-16-9-4-3-8-14(16)18(22)21-17/h3-11H,2H2,1H3,(H,20,21,22)/b15-11-. The van der Waals surface area contributed by atoms with E-state index in [1.54, 1.807) is 24.3 Å². The summed E-state index contributed by atoms with van der Waals surface area (Å²) in [6.45, 7) is 2.53. The normalized spacial score (nSPS) is 11.7. The van der Waals surface area contributed by atoms with E-state index in [4.69, 9.17) is 16.3 Å². The summed E-state index contributed by atoms with van der Waals surface area (Å²) in [7, 11) is 0. The molecule has 2 aromatic carbocycles. The van der Waals surface area contributed by atoms with E-state index in [1.165, 1.54) is 0 Å². The van der Waals surface area contributed by atoms with Crippen LogP contribution in [0.25, 0.3) is 22.0 Å². The second-order valence-electron chi connectivity index (χ2n) is 4.93. The number of hydrogen-bond donors (Lipinski definition) is 1. The number of nitrogens with one attached hydrogen (secondary N) is 1. The largest absolute Gasteiger partial charge is 0.494 e. The van der Waals surface area contributed by atoms with Gasteiger partial charge in [0, 0.05) is 0 Å². The van der Waals surface area contributed by atoms with Gasteiger partial charge < -0.3 is 9.72 Å². The second-order valence-corrected chi connectivity index (χ2v) is 5.34. The third-order valence-corrected chi connectivity index (χ3v) is 3.59. The Morgan fingerprint density at radius 1 is 1.26 bits per heavy atom. The molecule has 3 rings (SSSR count). The molecule has 3 aromatic rings. The van der Waals surface area contributed by atoms with Crippen molar-refractivity contribution in [3.63, 3.8) is 0 Å². The maximum atomic E-state index is 12.1. The van der Waals surface area contributed by atoms with E-state index in [0.717, 1.165) is 11.3 Å². The minimum atomic E-state index is -0.208. The Kier molecular flexibility index (Phi) is 4.44. The molecule has 0 fully saturated rings. The Bertz CT molecular complexity index is 931. The van der Waals surface area contributed by atoms with Crippen LogP contribution in [-0.2, 0) is 0 Å². The zero-order valence-electron chi connectivity index (χ0n) is 12.5. The summed E-state index contributed by atoms with van der Waals surface area (Å²) in [5.74, 6) is 1.11. The molecule has 0 aliphatic heterocycles. The maximum Gasteiger partial charge on any atom is 0.259 e. The van der Waals surface area contributed by atoms with Crippen molar-refractivity contribution >= 4 is 33.6 Å². The van der Waals surface area contributed by atoms with Crippen LogP contribution >= 0.6 is 11.6 Å². The highest BCUT2D eigenvalue weighted by molar-refractivity contribution is 6.50. The van der Waals surface area contributed by atoms with E-state index in [2.05, 4.69) is 9.97 Å². The third-order valence-electron chi connectivity index (χ3n) is 3.30. The van der Waals surface area contributed by atoms with Gasteiger partial charge in [-0.15, -0.1) is 0 Å². The van der Waals surface area contributed by atoms with Crippen LogP contribution in [0.1, 0.15) is 18.3 Å². The average Bonchev–Trinajstić information content (AvgIpc) is 2.55. The zero-order valence-corrected chi connectivity index (χ0v) is 13.3. The molecule has 0 spiro atoms. The zero-order chi connectivity index (χ0) is 16.2. The first kappa shape index (κ1) is 15.3. The molecule has 0 saturated heterocycles. The van der Waals surface area contributed by atoms with Crippen molar-refractivity contribution in [2.24, 2.45) is 0 Å². The highest BCUT2D eigenvalue weighted by atomic mass is 35.5. The van der Waals surface area contributed by atoms with E-state index < -0.39 is 0 Å². The Balaban J connectivity index is 2.01. The summed E-state index contributed by atoms with van der Waals surface area (Å²) in [5, 5.41) is 0.903. The molecule has 4 nitrogen and oxygen atoms in total. The molecule has 0 unspecified atom stereocenters. The molecule has 0 aliphatic carbocycles. The molecule has 1 aromatic heterocycles. The van der Waals surface area contributed by atoms with Gasteiger partial charge in [-0.2, -0.15) is 0 Å². The van der Waals surface area contributed by atoms with Crippen molar-refractivity contribution in [3.8, 4) is 5.75 Å². The van der Waals surface area contributed by atoms with E-state index in [1.807, 2.05) is 37.3 Å². The number of H-pyrrole nitrogens is 1. The van der Waals surface area contributed by atoms with Crippen molar-refractivity contribution in [3.05, 3.63) is 70.3 Å². The topological polar surface area (TPSA) is 55.0 Å². The highest BCUT2D eigenvalue weighted by Gasteiger charge is 2.06. The third kappa shape index (κ3) is 3.43. The fourth-order valence-corrected chi connectivity index (χ4v) is 2.49. The van der Waals surface area contributed by atoms with E-state index >= 15 is 0 Å². The first-order valence-electron chi connectivity index (χ1n) is 7.27. The number of fused-ring (bicyclic) bond motifs is 1. The number of nitrogens with zero attached hydrogens (tertiary/aromatic N) is 1. The molecule has 1 N–H and O–H groups in total. The van der Waals surface area contributed by atoms with Crippen LogP contribution in [0.5, 0.6) is 5.75 Å². The molecule has 5 heteroatoms. The lowest BCUT2D eigenvalue weighted by molar-refractivity contribution is 0.340. The molecule has 0 aliphatic rings. The number of hydrogen-bond acceptors (Lipinski definition) is 3. The van der Waals surface area contributed by atoms with Crippen molar-refractivity contribution in [1.82, 2.24) is 9.97 Å². The summed E-state index contributed by atoms with van der Waals surface area (Å²) >= 11 is 6.33. The number of ether oxygens (including phenoxy) is 1. The number of aromatic nitrogens is 2.